The number of hydrogen-bond donors (Lipinski definition) is 2. The van der Waals surface area contributed by atoms with Gasteiger partial charge >= 0.3 is 11.9 Å². The SMILES string of the molecule is CC[C@]1(C(=O)O)CCCN(Cc2cc(Cl)ccc2OCC(=O)O)C1. The minimum Gasteiger partial charge on any atom is -0.482 e. The van der Waals surface area contributed by atoms with E-state index >= 15 is 0 Å². The lowest BCUT2D eigenvalue weighted by Crippen LogP contribution is -2.47. The van der Waals surface area contributed by atoms with Crippen LogP contribution in [0, 0.1) is 5.41 Å². The molecule has 1 heterocycles. The molecule has 0 radical (unpaired) electrons. The molecule has 0 amide bonds. The number of aliphatic carboxylic acids is 2. The van der Waals surface area contributed by atoms with Gasteiger partial charge in [-0.15, -0.1) is 0 Å². The molecule has 0 saturated carbocycles. The molecule has 24 heavy (non-hydrogen) atoms. The number of ether oxygens (including phenoxy) is 1. The first-order valence-electron chi connectivity index (χ1n) is 7.95. The molecule has 1 atom stereocenters. The number of carboxylic acid groups (broad SMARTS) is 2. The lowest BCUT2D eigenvalue weighted by atomic mass is 9.77. The molecule has 132 valence electrons. The molecule has 1 aliphatic rings. The maximum Gasteiger partial charge on any atom is 0.341 e. The molecule has 1 saturated heterocycles. The van der Waals surface area contributed by atoms with E-state index in [-0.39, 0.29) is 0 Å². The molecule has 0 aliphatic carbocycles. The lowest BCUT2D eigenvalue weighted by Gasteiger charge is -2.39. The van der Waals surface area contributed by atoms with E-state index in [2.05, 4.69) is 4.90 Å². The quantitative estimate of drug-likeness (QED) is 0.782. The van der Waals surface area contributed by atoms with Crippen LogP contribution < -0.4 is 4.74 Å². The summed E-state index contributed by atoms with van der Waals surface area (Å²) >= 11 is 6.05. The number of halogens is 1. The maximum absolute atomic E-state index is 11.7. The molecule has 1 aromatic rings. The number of likely N-dealkylation sites (tertiary alicyclic amines) is 1. The molecule has 0 unspecified atom stereocenters. The van der Waals surface area contributed by atoms with Crippen LogP contribution in [0.2, 0.25) is 5.02 Å². The van der Waals surface area contributed by atoms with Gasteiger partial charge in [0.25, 0.3) is 0 Å². The summed E-state index contributed by atoms with van der Waals surface area (Å²) < 4.78 is 5.32. The molecule has 1 aliphatic heterocycles. The molecule has 0 bridgehead atoms. The van der Waals surface area contributed by atoms with Crippen LogP contribution in [-0.2, 0) is 16.1 Å². The Morgan fingerprint density at radius 1 is 1.38 bits per heavy atom. The van der Waals surface area contributed by atoms with E-state index in [1.54, 1.807) is 18.2 Å². The van der Waals surface area contributed by atoms with Crippen molar-refractivity contribution in [1.82, 2.24) is 4.90 Å². The molecule has 0 spiro atoms. The number of nitrogens with zero attached hydrogens (tertiary/aromatic N) is 1. The third-order valence-electron chi connectivity index (χ3n) is 4.55. The van der Waals surface area contributed by atoms with Gasteiger partial charge in [-0.1, -0.05) is 18.5 Å². The summed E-state index contributed by atoms with van der Waals surface area (Å²) in [7, 11) is 0. The van der Waals surface area contributed by atoms with Crippen LogP contribution in [-0.4, -0.2) is 46.7 Å². The average molecular weight is 356 g/mol. The van der Waals surface area contributed by atoms with Gasteiger partial charge in [0.2, 0.25) is 0 Å². The third kappa shape index (κ3) is 4.39. The van der Waals surface area contributed by atoms with Gasteiger partial charge in [-0.3, -0.25) is 9.69 Å². The molecule has 7 heteroatoms. The lowest BCUT2D eigenvalue weighted by molar-refractivity contribution is -0.153. The van der Waals surface area contributed by atoms with Crippen LogP contribution >= 0.6 is 11.6 Å². The topological polar surface area (TPSA) is 87.1 Å². The van der Waals surface area contributed by atoms with Gasteiger partial charge in [0.1, 0.15) is 5.75 Å². The van der Waals surface area contributed by atoms with Crippen molar-refractivity contribution in [3.05, 3.63) is 28.8 Å². The van der Waals surface area contributed by atoms with Crippen LogP contribution in [0.4, 0.5) is 0 Å². The molecule has 1 aromatic carbocycles. The van der Waals surface area contributed by atoms with Crippen molar-refractivity contribution < 1.29 is 24.5 Å². The zero-order valence-electron chi connectivity index (χ0n) is 13.6. The Morgan fingerprint density at radius 3 is 2.75 bits per heavy atom. The van der Waals surface area contributed by atoms with Gasteiger partial charge < -0.3 is 14.9 Å². The van der Waals surface area contributed by atoms with Crippen molar-refractivity contribution in [2.45, 2.75) is 32.7 Å². The Kier molecular flexibility index (Phi) is 6.07. The van der Waals surface area contributed by atoms with Gasteiger partial charge in [-0.05, 0) is 44.0 Å². The largest absolute Gasteiger partial charge is 0.482 e. The minimum absolute atomic E-state index is 0.428. The number of rotatable bonds is 7. The van der Waals surface area contributed by atoms with Crippen molar-refractivity contribution in [2.75, 3.05) is 19.7 Å². The second-order valence-corrected chi connectivity index (χ2v) is 6.62. The fourth-order valence-corrected chi connectivity index (χ4v) is 3.36. The maximum atomic E-state index is 11.7. The van der Waals surface area contributed by atoms with Gasteiger partial charge in [0.05, 0.1) is 5.41 Å². The summed E-state index contributed by atoms with van der Waals surface area (Å²) in [6.07, 6.45) is 2.07. The van der Waals surface area contributed by atoms with E-state index < -0.39 is 24.0 Å². The number of benzene rings is 1. The average Bonchev–Trinajstić information content (AvgIpc) is 2.54. The van der Waals surface area contributed by atoms with Crippen molar-refractivity contribution >= 4 is 23.5 Å². The fourth-order valence-electron chi connectivity index (χ4n) is 3.17. The molecular weight excluding hydrogens is 334 g/mol. The molecule has 0 aromatic heterocycles. The highest BCUT2D eigenvalue weighted by molar-refractivity contribution is 6.30. The molecule has 1 fully saturated rings. The monoisotopic (exact) mass is 355 g/mol. The zero-order valence-corrected chi connectivity index (χ0v) is 14.4. The summed E-state index contributed by atoms with van der Waals surface area (Å²) in [5.41, 5.74) is 0.0415. The first kappa shape index (κ1) is 18.5. The molecule has 2 N–H and O–H groups in total. The van der Waals surface area contributed by atoms with E-state index in [9.17, 15) is 14.7 Å². The van der Waals surface area contributed by atoms with E-state index in [0.29, 0.717) is 36.7 Å². The summed E-state index contributed by atoms with van der Waals surface area (Å²) in [5, 5.41) is 18.9. The van der Waals surface area contributed by atoms with Crippen LogP contribution in [0.1, 0.15) is 31.7 Å². The van der Waals surface area contributed by atoms with Gasteiger partial charge in [0.15, 0.2) is 6.61 Å². The normalized spacial score (nSPS) is 21.4. The minimum atomic E-state index is -1.05. The summed E-state index contributed by atoms with van der Waals surface area (Å²) in [6, 6.07) is 5.03. The second-order valence-electron chi connectivity index (χ2n) is 6.19. The van der Waals surface area contributed by atoms with Crippen molar-refractivity contribution in [3.63, 3.8) is 0 Å². The Labute approximate surface area is 146 Å². The van der Waals surface area contributed by atoms with E-state index in [1.165, 1.54) is 0 Å². The smallest absolute Gasteiger partial charge is 0.341 e. The van der Waals surface area contributed by atoms with Crippen LogP contribution in [0.5, 0.6) is 5.75 Å². The standard InChI is InChI=1S/C17H22ClNO5/c1-2-17(16(22)23)6-3-7-19(11-17)9-12-8-13(18)4-5-14(12)24-10-15(20)21/h4-5,8H,2-3,6-7,9-11H2,1H3,(H,20,21)(H,22,23)/t17-/m0/s1. The Balaban J connectivity index is 2.16. The predicted molar refractivity (Wildman–Crippen MR) is 89.5 cm³/mol. The Bertz CT molecular complexity index is 621. The number of hydrogen-bond acceptors (Lipinski definition) is 4. The van der Waals surface area contributed by atoms with E-state index in [0.717, 1.165) is 18.5 Å². The first-order valence-corrected chi connectivity index (χ1v) is 8.33. The summed E-state index contributed by atoms with van der Waals surface area (Å²) in [4.78, 5) is 24.4. The van der Waals surface area contributed by atoms with Gasteiger partial charge in [-0.25, -0.2) is 4.79 Å². The fraction of sp³-hybridized carbons (Fsp3) is 0.529. The van der Waals surface area contributed by atoms with Crippen molar-refractivity contribution in [1.29, 1.82) is 0 Å². The van der Waals surface area contributed by atoms with Gasteiger partial charge in [-0.2, -0.15) is 0 Å². The summed E-state index contributed by atoms with van der Waals surface area (Å²) in [5.74, 6) is -1.35. The number of carbonyl (C=O) groups is 2. The number of piperidine rings is 1. The predicted octanol–water partition coefficient (Wildman–Crippen LogP) is 2.88. The molecule has 2 rings (SSSR count). The van der Waals surface area contributed by atoms with E-state index in [1.807, 2.05) is 6.92 Å². The van der Waals surface area contributed by atoms with Crippen molar-refractivity contribution in [2.24, 2.45) is 5.41 Å². The Hall–Kier alpha value is -1.79. The second kappa shape index (κ2) is 7.85. The van der Waals surface area contributed by atoms with E-state index in [4.69, 9.17) is 21.4 Å². The van der Waals surface area contributed by atoms with Crippen molar-refractivity contribution in [3.8, 4) is 5.75 Å². The van der Waals surface area contributed by atoms with Crippen LogP contribution in [0.25, 0.3) is 0 Å². The Morgan fingerprint density at radius 2 is 2.12 bits per heavy atom. The zero-order chi connectivity index (χ0) is 17.7. The van der Waals surface area contributed by atoms with Gasteiger partial charge in [0, 0.05) is 23.7 Å². The highest BCUT2D eigenvalue weighted by atomic mass is 35.5. The third-order valence-corrected chi connectivity index (χ3v) is 4.79. The molecular formula is C17H22ClNO5. The highest BCUT2D eigenvalue weighted by Crippen LogP contribution is 2.35. The number of carboxylic acids is 2. The first-order chi connectivity index (χ1) is 11.4. The summed E-state index contributed by atoms with van der Waals surface area (Å²) in [6.45, 7) is 3.20. The van der Waals surface area contributed by atoms with Crippen LogP contribution in [0.3, 0.4) is 0 Å². The highest BCUT2D eigenvalue weighted by Gasteiger charge is 2.40. The van der Waals surface area contributed by atoms with Crippen LogP contribution in [0.15, 0.2) is 18.2 Å². The molecule has 6 nitrogen and oxygen atoms in total.